The second-order valence-corrected chi connectivity index (χ2v) is 5.38. The van der Waals surface area contributed by atoms with Crippen molar-refractivity contribution in [3.8, 4) is 23.0 Å². The Morgan fingerprint density at radius 2 is 1.90 bits per heavy atom. The van der Waals surface area contributed by atoms with E-state index < -0.39 is 0 Å². The molecule has 0 spiro atoms. The number of benzene rings is 2. The fraction of sp³-hybridized carbons (Fsp3) is 0.294. The molecule has 1 atom stereocenters. The summed E-state index contributed by atoms with van der Waals surface area (Å²) in [6.45, 7) is 0.612. The fourth-order valence-electron chi connectivity index (χ4n) is 2.77. The van der Waals surface area contributed by atoms with Crippen molar-refractivity contribution in [1.82, 2.24) is 0 Å². The van der Waals surface area contributed by atoms with E-state index in [4.69, 9.17) is 9.47 Å². The Morgan fingerprint density at radius 3 is 2.62 bits per heavy atom. The van der Waals surface area contributed by atoms with Crippen LogP contribution in [0, 0.1) is 5.92 Å². The van der Waals surface area contributed by atoms with Gasteiger partial charge in [0, 0.05) is 23.6 Å². The second-order valence-electron chi connectivity index (χ2n) is 5.38. The molecule has 0 saturated heterocycles. The molecular formula is C17H18O4. The lowest BCUT2D eigenvalue weighted by atomic mass is 9.90. The summed E-state index contributed by atoms with van der Waals surface area (Å²) in [4.78, 5) is 0. The second kappa shape index (κ2) is 5.56. The SMILES string of the molecule is COc1cc(O)cc2c1C[C@@H](Cc1ccc(O)cc1)CO2. The third-order valence-electron chi connectivity index (χ3n) is 3.80. The molecule has 2 N–H and O–H groups in total. The molecule has 0 aliphatic carbocycles. The molecule has 0 fully saturated rings. The number of hydrogen-bond acceptors (Lipinski definition) is 4. The van der Waals surface area contributed by atoms with Crippen LogP contribution >= 0.6 is 0 Å². The van der Waals surface area contributed by atoms with Gasteiger partial charge >= 0.3 is 0 Å². The van der Waals surface area contributed by atoms with Crippen LogP contribution in [-0.4, -0.2) is 23.9 Å². The molecule has 1 aliphatic heterocycles. The Labute approximate surface area is 123 Å². The van der Waals surface area contributed by atoms with Gasteiger partial charge in [-0.05, 0) is 30.5 Å². The lowest BCUT2D eigenvalue weighted by molar-refractivity contribution is 0.216. The maximum absolute atomic E-state index is 9.64. The van der Waals surface area contributed by atoms with Gasteiger partial charge in [-0.2, -0.15) is 0 Å². The molecule has 3 rings (SSSR count). The molecule has 0 unspecified atom stereocenters. The zero-order chi connectivity index (χ0) is 14.8. The smallest absolute Gasteiger partial charge is 0.129 e. The molecule has 4 nitrogen and oxygen atoms in total. The highest BCUT2D eigenvalue weighted by Gasteiger charge is 2.24. The van der Waals surface area contributed by atoms with Crippen LogP contribution in [0.4, 0.5) is 0 Å². The summed E-state index contributed by atoms with van der Waals surface area (Å²) >= 11 is 0. The van der Waals surface area contributed by atoms with Crippen molar-refractivity contribution >= 4 is 0 Å². The van der Waals surface area contributed by atoms with E-state index in [1.165, 1.54) is 5.56 Å². The number of ether oxygens (including phenoxy) is 2. The summed E-state index contributed by atoms with van der Waals surface area (Å²) in [5, 5.41) is 19.0. The quantitative estimate of drug-likeness (QED) is 0.911. The van der Waals surface area contributed by atoms with E-state index in [-0.39, 0.29) is 11.5 Å². The first kappa shape index (κ1) is 13.6. The van der Waals surface area contributed by atoms with E-state index in [9.17, 15) is 10.2 Å². The van der Waals surface area contributed by atoms with Gasteiger partial charge in [-0.15, -0.1) is 0 Å². The Kier molecular flexibility index (Phi) is 3.60. The molecule has 0 saturated carbocycles. The van der Waals surface area contributed by atoms with Gasteiger partial charge < -0.3 is 19.7 Å². The maximum atomic E-state index is 9.64. The molecule has 21 heavy (non-hydrogen) atoms. The van der Waals surface area contributed by atoms with Crippen molar-refractivity contribution in [2.24, 2.45) is 5.92 Å². The van der Waals surface area contributed by atoms with Gasteiger partial charge in [0.2, 0.25) is 0 Å². The van der Waals surface area contributed by atoms with Crippen LogP contribution in [0.3, 0.4) is 0 Å². The average Bonchev–Trinajstić information content (AvgIpc) is 2.49. The molecule has 1 heterocycles. The summed E-state index contributed by atoms with van der Waals surface area (Å²) in [6, 6.07) is 10.5. The minimum Gasteiger partial charge on any atom is -0.508 e. The van der Waals surface area contributed by atoms with Crippen LogP contribution in [0.1, 0.15) is 11.1 Å². The third-order valence-corrected chi connectivity index (χ3v) is 3.80. The van der Waals surface area contributed by atoms with Gasteiger partial charge in [-0.3, -0.25) is 0 Å². The number of rotatable bonds is 3. The lowest BCUT2D eigenvalue weighted by Crippen LogP contribution is -2.23. The highest BCUT2D eigenvalue weighted by atomic mass is 16.5. The normalized spacial score (nSPS) is 16.9. The molecular weight excluding hydrogens is 268 g/mol. The summed E-state index contributed by atoms with van der Waals surface area (Å²) < 4.78 is 11.1. The standard InChI is InChI=1S/C17H18O4/c1-20-16-8-14(19)9-17-15(16)7-12(10-21-17)6-11-2-4-13(18)5-3-11/h2-5,8-9,12,18-19H,6-7,10H2,1H3/t12-/m1/s1. The molecule has 0 radical (unpaired) electrons. The van der Waals surface area contributed by atoms with E-state index in [1.807, 2.05) is 12.1 Å². The van der Waals surface area contributed by atoms with Crippen LogP contribution in [0.15, 0.2) is 36.4 Å². The number of aromatic hydroxyl groups is 2. The van der Waals surface area contributed by atoms with E-state index in [1.54, 1.807) is 31.4 Å². The lowest BCUT2D eigenvalue weighted by Gasteiger charge is -2.27. The van der Waals surface area contributed by atoms with Gasteiger partial charge in [0.1, 0.15) is 23.0 Å². The maximum Gasteiger partial charge on any atom is 0.129 e. The highest BCUT2D eigenvalue weighted by molar-refractivity contribution is 5.51. The van der Waals surface area contributed by atoms with Crippen molar-refractivity contribution in [2.75, 3.05) is 13.7 Å². The molecule has 0 aromatic heterocycles. The predicted molar refractivity (Wildman–Crippen MR) is 79.2 cm³/mol. The first-order valence-corrected chi connectivity index (χ1v) is 6.96. The number of methoxy groups -OCH3 is 1. The Balaban J connectivity index is 1.79. The highest BCUT2D eigenvalue weighted by Crippen LogP contribution is 2.38. The van der Waals surface area contributed by atoms with E-state index >= 15 is 0 Å². The topological polar surface area (TPSA) is 58.9 Å². The zero-order valence-corrected chi connectivity index (χ0v) is 11.9. The Bertz CT molecular complexity index is 617. The van der Waals surface area contributed by atoms with Crippen LogP contribution in [-0.2, 0) is 12.8 Å². The van der Waals surface area contributed by atoms with Gasteiger partial charge in [0.05, 0.1) is 13.7 Å². The van der Waals surface area contributed by atoms with Crippen molar-refractivity contribution in [1.29, 1.82) is 0 Å². The molecule has 0 amide bonds. The van der Waals surface area contributed by atoms with Crippen LogP contribution in [0.25, 0.3) is 0 Å². The van der Waals surface area contributed by atoms with E-state index in [0.29, 0.717) is 24.0 Å². The van der Waals surface area contributed by atoms with Gasteiger partial charge in [0.25, 0.3) is 0 Å². The Hall–Kier alpha value is -2.36. The largest absolute Gasteiger partial charge is 0.508 e. The first-order chi connectivity index (χ1) is 10.2. The fourth-order valence-corrected chi connectivity index (χ4v) is 2.77. The zero-order valence-electron chi connectivity index (χ0n) is 11.9. The molecule has 4 heteroatoms. The number of phenols is 2. The predicted octanol–water partition coefficient (Wildman–Crippen LogP) is 2.90. The molecule has 2 aromatic rings. The van der Waals surface area contributed by atoms with Crippen molar-refractivity contribution in [3.63, 3.8) is 0 Å². The van der Waals surface area contributed by atoms with Crippen LogP contribution in [0.5, 0.6) is 23.0 Å². The molecule has 110 valence electrons. The first-order valence-electron chi connectivity index (χ1n) is 6.96. The third kappa shape index (κ3) is 2.89. The van der Waals surface area contributed by atoms with Gasteiger partial charge in [-0.1, -0.05) is 12.1 Å². The molecule has 1 aliphatic rings. The van der Waals surface area contributed by atoms with Gasteiger partial charge in [-0.25, -0.2) is 0 Å². The summed E-state index contributed by atoms with van der Waals surface area (Å²) in [6.07, 6.45) is 1.73. The van der Waals surface area contributed by atoms with E-state index in [2.05, 4.69) is 0 Å². The van der Waals surface area contributed by atoms with Crippen molar-refractivity contribution in [3.05, 3.63) is 47.5 Å². The molecule has 2 aromatic carbocycles. The van der Waals surface area contributed by atoms with Crippen molar-refractivity contribution < 1.29 is 19.7 Å². The van der Waals surface area contributed by atoms with E-state index in [0.717, 1.165) is 18.4 Å². The minimum atomic E-state index is 0.155. The average molecular weight is 286 g/mol. The van der Waals surface area contributed by atoms with Crippen molar-refractivity contribution in [2.45, 2.75) is 12.8 Å². The minimum absolute atomic E-state index is 0.155. The van der Waals surface area contributed by atoms with Crippen LogP contribution < -0.4 is 9.47 Å². The van der Waals surface area contributed by atoms with Gasteiger partial charge in [0.15, 0.2) is 0 Å². The monoisotopic (exact) mass is 286 g/mol. The Morgan fingerprint density at radius 1 is 1.14 bits per heavy atom. The van der Waals surface area contributed by atoms with Crippen LogP contribution in [0.2, 0.25) is 0 Å². The summed E-state index contributed by atoms with van der Waals surface area (Å²) in [5.74, 6) is 2.15. The summed E-state index contributed by atoms with van der Waals surface area (Å²) in [5.41, 5.74) is 2.17. The molecule has 0 bridgehead atoms. The number of fused-ring (bicyclic) bond motifs is 1. The number of phenolic OH excluding ortho intramolecular Hbond substituents is 2. The number of hydrogen-bond donors (Lipinski definition) is 2. The summed E-state index contributed by atoms with van der Waals surface area (Å²) in [7, 11) is 1.60.